The van der Waals surface area contributed by atoms with E-state index in [1.54, 1.807) is 55.7 Å². The highest BCUT2D eigenvalue weighted by molar-refractivity contribution is 6.39. The van der Waals surface area contributed by atoms with Crippen molar-refractivity contribution in [2.24, 2.45) is 0 Å². The fourth-order valence-corrected chi connectivity index (χ4v) is 4.16. The number of nitrogens with one attached hydrogen (secondary N) is 1. The first-order chi connectivity index (χ1) is 17.0. The molecule has 3 N–H and O–H groups in total. The average Bonchev–Trinajstić information content (AvgIpc) is 3.10. The molecule has 4 amide bonds. The van der Waals surface area contributed by atoms with Crippen molar-refractivity contribution in [1.29, 1.82) is 0 Å². The zero-order valence-electron chi connectivity index (χ0n) is 19.5. The number of para-hydroxylation sites is 1. The highest BCUT2D eigenvalue weighted by atomic mass is 16.4. The molecule has 0 atom stereocenters. The molecule has 0 bridgehead atoms. The molecule has 1 fully saturated rings. The lowest BCUT2D eigenvalue weighted by atomic mass is 10.1. The number of benzene rings is 2. The van der Waals surface area contributed by atoms with Crippen LogP contribution in [-0.2, 0) is 9.59 Å². The van der Waals surface area contributed by atoms with Crippen molar-refractivity contribution in [2.45, 2.75) is 20.8 Å². The smallest absolute Gasteiger partial charge is 0.335 e. The van der Waals surface area contributed by atoms with Crippen molar-refractivity contribution in [3.63, 3.8) is 0 Å². The Bertz CT molecular complexity index is 1480. The van der Waals surface area contributed by atoms with Crippen molar-refractivity contribution < 1.29 is 34.2 Å². The van der Waals surface area contributed by atoms with Crippen molar-refractivity contribution in [3.05, 3.63) is 87.7 Å². The monoisotopic (exact) mass is 487 g/mol. The molecule has 0 aliphatic carbocycles. The Morgan fingerprint density at radius 1 is 0.889 bits per heavy atom. The number of urea groups is 1. The Balaban J connectivity index is 1.82. The van der Waals surface area contributed by atoms with Crippen LogP contribution in [-0.4, -0.2) is 44.6 Å². The maximum Gasteiger partial charge on any atom is 0.335 e. The molecule has 3 aromatic rings. The van der Waals surface area contributed by atoms with Crippen LogP contribution in [0.3, 0.4) is 0 Å². The van der Waals surface area contributed by atoms with Gasteiger partial charge in [-0.1, -0.05) is 18.2 Å². The number of carbonyl (C=O) groups excluding carboxylic acids is 3. The number of carboxylic acids is 2. The maximum absolute atomic E-state index is 13.3. The Labute approximate surface area is 205 Å². The van der Waals surface area contributed by atoms with E-state index in [-0.39, 0.29) is 16.7 Å². The summed E-state index contributed by atoms with van der Waals surface area (Å²) in [6.45, 7) is 5.14. The second-order valence-corrected chi connectivity index (χ2v) is 8.29. The fourth-order valence-electron chi connectivity index (χ4n) is 4.16. The van der Waals surface area contributed by atoms with Crippen LogP contribution in [0.4, 0.5) is 10.5 Å². The highest BCUT2D eigenvalue weighted by Gasteiger charge is 2.37. The van der Waals surface area contributed by atoms with Gasteiger partial charge in [0.05, 0.1) is 16.8 Å². The van der Waals surface area contributed by atoms with Gasteiger partial charge in [-0.3, -0.25) is 14.9 Å². The number of nitrogens with zero attached hydrogens (tertiary/aromatic N) is 2. The average molecular weight is 487 g/mol. The molecule has 0 radical (unpaired) electrons. The van der Waals surface area contributed by atoms with Crippen LogP contribution in [0, 0.1) is 20.8 Å². The van der Waals surface area contributed by atoms with Crippen LogP contribution in [0.25, 0.3) is 11.8 Å². The summed E-state index contributed by atoms with van der Waals surface area (Å²) in [6.07, 6.45) is 1.35. The summed E-state index contributed by atoms with van der Waals surface area (Å²) in [4.78, 5) is 62.3. The van der Waals surface area contributed by atoms with Crippen molar-refractivity contribution in [3.8, 4) is 5.69 Å². The Hall–Kier alpha value is -4.99. The SMILES string of the molecule is Cc1ccccc1N1C(=O)NC(=O)/C(=C\c2cc(C)n(-c3cc(C(=O)O)cc(C(=O)O)c3)c2C)C1=O. The van der Waals surface area contributed by atoms with Crippen molar-refractivity contribution in [1.82, 2.24) is 9.88 Å². The van der Waals surface area contributed by atoms with Crippen LogP contribution in [0.2, 0.25) is 0 Å². The zero-order valence-corrected chi connectivity index (χ0v) is 19.5. The predicted molar refractivity (Wildman–Crippen MR) is 129 cm³/mol. The third-order valence-electron chi connectivity index (χ3n) is 5.90. The van der Waals surface area contributed by atoms with E-state index < -0.39 is 29.8 Å². The molecule has 10 nitrogen and oxygen atoms in total. The van der Waals surface area contributed by atoms with Gasteiger partial charge in [0.1, 0.15) is 5.57 Å². The largest absolute Gasteiger partial charge is 0.478 e. The van der Waals surface area contributed by atoms with E-state index >= 15 is 0 Å². The lowest BCUT2D eigenvalue weighted by molar-refractivity contribution is -0.122. The summed E-state index contributed by atoms with van der Waals surface area (Å²) in [5, 5.41) is 21.0. The number of carboxylic acid groups (broad SMARTS) is 2. The first-order valence-corrected chi connectivity index (χ1v) is 10.8. The van der Waals surface area contributed by atoms with Crippen LogP contribution in [0.1, 0.15) is 43.2 Å². The quantitative estimate of drug-likeness (QED) is 0.369. The predicted octanol–water partition coefficient (Wildman–Crippen LogP) is 3.47. The molecule has 0 spiro atoms. The van der Waals surface area contributed by atoms with E-state index in [0.29, 0.717) is 33.9 Å². The van der Waals surface area contributed by atoms with Gasteiger partial charge in [-0.2, -0.15) is 0 Å². The zero-order chi connectivity index (χ0) is 26.3. The lowest BCUT2D eigenvalue weighted by Crippen LogP contribution is -2.54. The Morgan fingerprint density at radius 2 is 1.50 bits per heavy atom. The molecule has 36 heavy (non-hydrogen) atoms. The lowest BCUT2D eigenvalue weighted by Gasteiger charge is -2.27. The van der Waals surface area contributed by atoms with E-state index in [0.717, 1.165) is 11.0 Å². The molecular weight excluding hydrogens is 466 g/mol. The number of rotatable bonds is 5. The molecule has 2 heterocycles. The van der Waals surface area contributed by atoms with Crippen LogP contribution in [0.5, 0.6) is 0 Å². The number of carbonyl (C=O) groups is 5. The molecular formula is C26H21N3O7. The minimum absolute atomic E-state index is 0.202. The van der Waals surface area contributed by atoms with Crippen LogP contribution < -0.4 is 10.2 Å². The van der Waals surface area contributed by atoms with E-state index in [1.165, 1.54) is 18.2 Å². The molecule has 1 aliphatic heterocycles. The maximum atomic E-state index is 13.3. The van der Waals surface area contributed by atoms with Crippen molar-refractivity contribution in [2.75, 3.05) is 4.90 Å². The second-order valence-electron chi connectivity index (χ2n) is 8.29. The molecule has 1 saturated heterocycles. The van der Waals surface area contributed by atoms with Gasteiger partial charge in [-0.25, -0.2) is 19.3 Å². The summed E-state index contributed by atoms with van der Waals surface area (Å²) in [7, 11) is 0. The molecule has 10 heteroatoms. The number of barbiturate groups is 1. The normalized spacial score (nSPS) is 14.8. The van der Waals surface area contributed by atoms with Crippen LogP contribution in [0.15, 0.2) is 54.1 Å². The molecule has 2 aromatic carbocycles. The third kappa shape index (κ3) is 4.16. The summed E-state index contributed by atoms with van der Waals surface area (Å²) in [5.74, 6) is -4.20. The summed E-state index contributed by atoms with van der Waals surface area (Å²) < 4.78 is 1.63. The Morgan fingerprint density at radius 3 is 2.08 bits per heavy atom. The number of aryl methyl sites for hydroxylation is 2. The van der Waals surface area contributed by atoms with Crippen molar-refractivity contribution >= 4 is 41.5 Å². The Kier molecular flexibility index (Phi) is 6.03. The second kappa shape index (κ2) is 8.99. The summed E-state index contributed by atoms with van der Waals surface area (Å²) in [5.41, 5.74) is 2.23. The number of hydrogen-bond acceptors (Lipinski definition) is 5. The first-order valence-electron chi connectivity index (χ1n) is 10.8. The number of hydrogen-bond donors (Lipinski definition) is 3. The molecule has 4 rings (SSSR count). The molecule has 182 valence electrons. The molecule has 0 unspecified atom stereocenters. The van der Waals surface area contributed by atoms with Gasteiger partial charge in [-0.05, 0) is 68.3 Å². The van der Waals surface area contributed by atoms with Crippen LogP contribution >= 0.6 is 0 Å². The minimum Gasteiger partial charge on any atom is -0.478 e. The number of imide groups is 2. The van der Waals surface area contributed by atoms with Gasteiger partial charge in [0, 0.05) is 17.1 Å². The topological polar surface area (TPSA) is 146 Å². The fraction of sp³-hybridized carbons (Fsp3) is 0.115. The van der Waals surface area contributed by atoms with E-state index in [2.05, 4.69) is 5.32 Å². The van der Waals surface area contributed by atoms with E-state index in [9.17, 15) is 34.2 Å². The van der Waals surface area contributed by atoms with Gasteiger partial charge in [0.25, 0.3) is 11.8 Å². The van der Waals surface area contributed by atoms with E-state index in [4.69, 9.17) is 0 Å². The minimum atomic E-state index is -1.28. The number of anilines is 1. The standard InChI is InChI=1S/C26H21N3O7/c1-13-6-4-5-7-21(13)29-23(31)20(22(30)27-26(29)36)12-16-8-14(2)28(15(16)3)19-10-17(24(32)33)9-18(11-19)25(34)35/h4-12H,1-3H3,(H,32,33)(H,34,35)(H,27,30,36)/b20-12+. The number of aromatic carboxylic acids is 2. The van der Waals surface area contributed by atoms with Gasteiger partial charge in [-0.15, -0.1) is 0 Å². The highest BCUT2D eigenvalue weighted by Crippen LogP contribution is 2.28. The van der Waals surface area contributed by atoms with Gasteiger partial charge < -0.3 is 14.8 Å². The number of aromatic nitrogens is 1. The summed E-state index contributed by atoms with van der Waals surface area (Å²) in [6, 6.07) is 11.3. The first kappa shape index (κ1) is 24.1. The van der Waals surface area contributed by atoms with Gasteiger partial charge in [0.15, 0.2) is 0 Å². The molecule has 0 saturated carbocycles. The summed E-state index contributed by atoms with van der Waals surface area (Å²) >= 11 is 0. The van der Waals surface area contributed by atoms with Gasteiger partial charge >= 0.3 is 18.0 Å². The molecule has 1 aliphatic rings. The third-order valence-corrected chi connectivity index (χ3v) is 5.90. The van der Waals surface area contributed by atoms with E-state index in [1.807, 2.05) is 0 Å². The van der Waals surface area contributed by atoms with Gasteiger partial charge in [0.2, 0.25) is 0 Å². The molecule has 1 aromatic heterocycles. The number of amides is 4.